The average Bonchev–Trinajstić information content (AvgIpc) is 4.29. The summed E-state index contributed by atoms with van der Waals surface area (Å²) in [5.74, 6) is 0.432. The quantitative estimate of drug-likeness (QED) is 0.0955. The number of anilines is 1. The van der Waals surface area contributed by atoms with Crippen LogP contribution in [0.1, 0.15) is 109 Å². The number of hydrogen-bond acceptors (Lipinski definition) is 12. The smallest absolute Gasteiger partial charge is 0.415 e. The summed E-state index contributed by atoms with van der Waals surface area (Å²) in [7, 11) is 0. The molecule has 7 heterocycles. The third-order valence-corrected chi connectivity index (χ3v) is 15.6. The summed E-state index contributed by atoms with van der Waals surface area (Å²) in [6, 6.07) is 12.0. The van der Waals surface area contributed by atoms with E-state index in [9.17, 15) is 24.0 Å². The molecule has 4 aliphatic rings. The third kappa shape index (κ3) is 12.1. The Bertz CT molecular complexity index is 3450. The number of ether oxygens (including phenoxy) is 5. The topological polar surface area (TPSA) is 228 Å². The number of rotatable bonds is 8. The number of carbonyl (C=O) groups excluding carboxylic acids is 5. The summed E-state index contributed by atoms with van der Waals surface area (Å²) in [6.07, 6.45) is 1.85. The minimum absolute atomic E-state index is 0.0664. The zero-order valence-corrected chi connectivity index (χ0v) is 48.3. The molecule has 2 aromatic carbocycles. The van der Waals surface area contributed by atoms with Gasteiger partial charge >= 0.3 is 18.2 Å². The van der Waals surface area contributed by atoms with Crippen molar-refractivity contribution in [3.63, 3.8) is 0 Å². The second kappa shape index (κ2) is 23.5. The molecule has 1 aliphatic carbocycles. The molecule has 81 heavy (non-hydrogen) atoms. The molecule has 3 N–H and O–H groups in total. The van der Waals surface area contributed by atoms with E-state index in [-0.39, 0.29) is 75.3 Å². The number of aromatic amines is 2. The second-order valence-corrected chi connectivity index (χ2v) is 23.7. The van der Waals surface area contributed by atoms with Crippen molar-refractivity contribution in [1.29, 1.82) is 0 Å². The number of fused-ring (bicyclic) bond motifs is 2. The van der Waals surface area contributed by atoms with Gasteiger partial charge in [-0.15, -0.1) is 0 Å². The summed E-state index contributed by atoms with van der Waals surface area (Å²) < 4.78 is 31.0. The number of hydrogen-bond donors (Lipinski definition) is 3. The van der Waals surface area contributed by atoms with Gasteiger partial charge in [-0.1, -0.05) is 63.0 Å². The van der Waals surface area contributed by atoms with Gasteiger partial charge in [0.2, 0.25) is 23.6 Å². The van der Waals surface area contributed by atoms with E-state index in [1.165, 1.54) is 25.8 Å². The van der Waals surface area contributed by atoms with Crippen molar-refractivity contribution < 1.29 is 47.7 Å². The number of benzene rings is 2. The molecule has 3 aliphatic heterocycles. The van der Waals surface area contributed by atoms with Crippen LogP contribution in [0.5, 0.6) is 11.8 Å². The molecule has 24 heteroatoms. The fourth-order valence-electron chi connectivity index (χ4n) is 12.5. The number of nitrogens with zero attached hydrogens (tertiary/aromatic N) is 9. The van der Waals surface area contributed by atoms with Crippen LogP contribution in [0.25, 0.3) is 43.8 Å². The molecular formula is C57H66Cl2N12O10. The number of amides is 4. The summed E-state index contributed by atoms with van der Waals surface area (Å²) in [6.45, 7) is 37.0. The van der Waals surface area contributed by atoms with Gasteiger partial charge in [-0.05, 0) is 107 Å². The first kappa shape index (κ1) is 58.0. The van der Waals surface area contributed by atoms with Crippen LogP contribution in [0.15, 0.2) is 42.5 Å². The van der Waals surface area contributed by atoms with E-state index < -0.39 is 29.2 Å². The number of nitrogens with one attached hydrogen (secondary N) is 3. The van der Waals surface area contributed by atoms with Gasteiger partial charge in [0.1, 0.15) is 11.7 Å². The summed E-state index contributed by atoms with van der Waals surface area (Å²) in [5.41, 5.74) is 0.823. The van der Waals surface area contributed by atoms with Gasteiger partial charge < -0.3 is 43.7 Å². The van der Waals surface area contributed by atoms with Gasteiger partial charge in [-0.2, -0.15) is 0 Å². The lowest BCUT2D eigenvalue weighted by Gasteiger charge is -2.55. The molecule has 6 aromatic rings. The fourth-order valence-corrected chi connectivity index (χ4v) is 13.0. The van der Waals surface area contributed by atoms with Crippen molar-refractivity contribution in [3.8, 4) is 34.5 Å². The van der Waals surface area contributed by atoms with Gasteiger partial charge in [0.15, 0.2) is 22.9 Å². The number of likely N-dealkylation sites (tertiary alicyclic amines) is 1. The zero-order chi connectivity index (χ0) is 58.2. The molecule has 0 radical (unpaired) electrons. The number of piperidine rings is 1. The summed E-state index contributed by atoms with van der Waals surface area (Å²) in [4.78, 5) is 87.5. The van der Waals surface area contributed by atoms with Crippen molar-refractivity contribution >= 4 is 81.5 Å². The lowest BCUT2D eigenvalue weighted by atomic mass is 9.74. The SMILES string of the molecule is [C-]#[N+]c1c(C(=O)N2C(C)(C)CC(C)CC2(C)C)c2nc(-c3cc(Cl)cc(Cl)c3)[nH]n2c1OC(=O)N1CCOCC1.[C-]#[N+]c1c(C(=O)OC2C(C)CC(C)CC2C)c2nc(-c3cccc(NC(C)=O)c3)[nH]n2c1OC(=O)N1CCOCC1. The minimum Gasteiger partial charge on any atom is -0.459 e. The molecule has 3 saturated heterocycles. The number of carbonyl (C=O) groups is 5. The highest BCUT2D eigenvalue weighted by atomic mass is 35.5. The molecule has 0 spiro atoms. The molecule has 4 aromatic heterocycles. The molecule has 10 rings (SSSR count). The van der Waals surface area contributed by atoms with Crippen LogP contribution >= 0.6 is 23.2 Å². The van der Waals surface area contributed by atoms with E-state index in [1.807, 2.05) is 32.6 Å². The third-order valence-electron chi connectivity index (χ3n) is 15.2. The van der Waals surface area contributed by atoms with Crippen molar-refractivity contribution in [1.82, 2.24) is 43.9 Å². The minimum atomic E-state index is -0.689. The number of H-pyrrole nitrogens is 2. The Morgan fingerprint density at radius 1 is 0.691 bits per heavy atom. The monoisotopic (exact) mass is 1150 g/mol. The van der Waals surface area contributed by atoms with Crippen LogP contribution in [0, 0.1) is 36.8 Å². The van der Waals surface area contributed by atoms with E-state index >= 15 is 0 Å². The van der Waals surface area contributed by atoms with Crippen molar-refractivity contribution in [2.45, 2.75) is 105 Å². The lowest BCUT2D eigenvalue weighted by Crippen LogP contribution is -2.62. The van der Waals surface area contributed by atoms with E-state index in [1.54, 1.807) is 42.5 Å². The van der Waals surface area contributed by atoms with Gasteiger partial charge in [0.25, 0.3) is 11.4 Å². The zero-order valence-electron chi connectivity index (χ0n) is 46.8. The van der Waals surface area contributed by atoms with Crippen LogP contribution in [0.3, 0.4) is 0 Å². The fraction of sp³-hybridized carbons (Fsp3) is 0.491. The number of halogens is 2. The molecule has 1 saturated carbocycles. The Morgan fingerprint density at radius 2 is 1.17 bits per heavy atom. The molecular weight excluding hydrogens is 1080 g/mol. The molecule has 4 amide bonds. The maximum absolute atomic E-state index is 14.5. The molecule has 0 bridgehead atoms. The Balaban J connectivity index is 0.000000196. The van der Waals surface area contributed by atoms with E-state index in [2.05, 4.69) is 57.9 Å². The largest absolute Gasteiger partial charge is 0.459 e. The van der Waals surface area contributed by atoms with Crippen LogP contribution in [0.2, 0.25) is 10.0 Å². The predicted molar refractivity (Wildman–Crippen MR) is 302 cm³/mol. The van der Waals surface area contributed by atoms with Gasteiger partial charge in [0, 0.05) is 71.0 Å². The Morgan fingerprint density at radius 3 is 1.67 bits per heavy atom. The van der Waals surface area contributed by atoms with E-state index in [0.717, 1.165) is 25.7 Å². The first-order chi connectivity index (χ1) is 38.5. The number of morpholine rings is 2. The van der Waals surface area contributed by atoms with Gasteiger partial charge in [0.05, 0.1) is 45.1 Å². The molecule has 4 fully saturated rings. The first-order valence-electron chi connectivity index (χ1n) is 27.0. The summed E-state index contributed by atoms with van der Waals surface area (Å²) in [5, 5.41) is 9.72. The number of esters is 1. The predicted octanol–water partition coefficient (Wildman–Crippen LogP) is 11.3. The normalized spacial score (nSPS) is 20.9. The molecule has 428 valence electrons. The second-order valence-electron chi connectivity index (χ2n) is 22.8. The molecule has 2 atom stereocenters. The van der Waals surface area contributed by atoms with E-state index in [0.29, 0.717) is 103 Å². The molecule has 2 unspecified atom stereocenters. The van der Waals surface area contributed by atoms with Crippen LogP contribution < -0.4 is 14.8 Å². The van der Waals surface area contributed by atoms with Crippen LogP contribution in [0.4, 0.5) is 26.7 Å². The Labute approximate surface area is 478 Å². The highest BCUT2D eigenvalue weighted by Crippen LogP contribution is 2.47. The highest BCUT2D eigenvalue weighted by Gasteiger charge is 2.49. The van der Waals surface area contributed by atoms with E-state index in [4.69, 9.17) is 65.0 Å². The van der Waals surface area contributed by atoms with Crippen LogP contribution in [-0.2, 0) is 19.0 Å². The van der Waals surface area contributed by atoms with Crippen molar-refractivity contribution in [2.75, 3.05) is 57.9 Å². The Kier molecular flexibility index (Phi) is 16.8. The Hall–Kier alpha value is -7.63. The summed E-state index contributed by atoms with van der Waals surface area (Å²) >= 11 is 12.5. The maximum atomic E-state index is 14.5. The highest BCUT2D eigenvalue weighted by molar-refractivity contribution is 6.35. The maximum Gasteiger partial charge on any atom is 0.415 e. The van der Waals surface area contributed by atoms with Crippen molar-refractivity contribution in [2.24, 2.45) is 23.7 Å². The van der Waals surface area contributed by atoms with Gasteiger partial charge in [-0.25, -0.2) is 43.1 Å². The standard InChI is InChI=1S/C29H34N6O6.C28H32Cl2N6O4/c1-16-13-17(2)24(18(3)14-16)40-28(37)22-23(30-5)27(41-29(38)34-9-11-39-12-10-34)35-26(22)32-25(33-35)20-7-6-8-21(15-20)31-19(4)36;1-16-14-27(2,3)36(28(4,5)15-16)24(37)20-21(31-6)25(40-26(38)34-7-9-39-10-8-34)35-23(20)32-22(33-35)17-11-18(29)13-19(30)12-17/h6-8,15-18,24H,9-14H2,1-4H3,(H,31,36)(H,32,33);11-13,16H,7-10,14-15H2,1-5H3,(H,32,33). The first-order valence-corrected chi connectivity index (χ1v) is 27.8. The molecule has 22 nitrogen and oxygen atoms in total. The van der Waals surface area contributed by atoms with Crippen LogP contribution in [-0.4, -0.2) is 144 Å². The number of aromatic nitrogens is 6. The van der Waals surface area contributed by atoms with Gasteiger partial charge in [-0.3, -0.25) is 19.8 Å². The lowest BCUT2D eigenvalue weighted by molar-refractivity contribution is -0.114. The van der Waals surface area contributed by atoms with Crippen molar-refractivity contribution in [3.05, 3.63) is 86.5 Å². The average molecular weight is 1150 g/mol.